The van der Waals surface area contributed by atoms with Crippen LogP contribution in [0.3, 0.4) is 0 Å². The minimum absolute atomic E-state index is 0.0195. The van der Waals surface area contributed by atoms with E-state index in [4.69, 9.17) is 9.47 Å². The van der Waals surface area contributed by atoms with E-state index in [0.717, 1.165) is 4.43 Å². The van der Waals surface area contributed by atoms with Crippen LogP contribution in [0.5, 0.6) is 0 Å². The van der Waals surface area contributed by atoms with E-state index in [-0.39, 0.29) is 17.5 Å². The summed E-state index contributed by atoms with van der Waals surface area (Å²) in [5.41, 5.74) is -0.139. The number of carbonyl (C=O) groups is 1. The third-order valence-corrected chi connectivity index (χ3v) is 2.81. The number of halogens is 1. The summed E-state index contributed by atoms with van der Waals surface area (Å²) in [5.74, 6) is -0.146. The minimum atomic E-state index is -0.395. The third kappa shape index (κ3) is 3.09. The molecule has 76 valence electrons. The van der Waals surface area contributed by atoms with Gasteiger partial charge in [-0.2, -0.15) is 0 Å². The normalized spacial score (nSPS) is 30.0. The first-order valence-electron chi connectivity index (χ1n) is 4.34. The standard InChI is InChI=1S/C9H15IO3/c1-9(2,3)8-12-6(5-10)4-7(11)13-8/h6,8H,4-5H2,1-3H3/t6-,8+/m1/s1. The van der Waals surface area contributed by atoms with Gasteiger partial charge in [-0.3, -0.25) is 4.79 Å². The van der Waals surface area contributed by atoms with E-state index in [9.17, 15) is 4.79 Å². The fourth-order valence-electron chi connectivity index (χ4n) is 1.08. The second-order valence-electron chi connectivity index (χ2n) is 4.30. The molecule has 0 radical (unpaired) electrons. The first kappa shape index (κ1) is 11.2. The molecule has 0 N–H and O–H groups in total. The smallest absolute Gasteiger partial charge is 0.310 e. The van der Waals surface area contributed by atoms with Gasteiger partial charge >= 0.3 is 5.97 Å². The van der Waals surface area contributed by atoms with Gasteiger partial charge in [0, 0.05) is 9.84 Å². The second kappa shape index (κ2) is 4.13. The second-order valence-corrected chi connectivity index (χ2v) is 5.19. The summed E-state index contributed by atoms with van der Waals surface area (Å²) in [5, 5.41) is 0. The SMILES string of the molecule is CC(C)(C)[C@@H]1OC(=O)C[C@H](CI)O1. The van der Waals surface area contributed by atoms with Crippen molar-refractivity contribution in [3.8, 4) is 0 Å². The summed E-state index contributed by atoms with van der Waals surface area (Å²) in [7, 11) is 0. The summed E-state index contributed by atoms with van der Waals surface area (Å²) in [6.07, 6.45) is 0.00907. The van der Waals surface area contributed by atoms with Crippen molar-refractivity contribution in [2.45, 2.75) is 39.6 Å². The van der Waals surface area contributed by atoms with E-state index in [1.807, 2.05) is 20.8 Å². The van der Waals surface area contributed by atoms with E-state index >= 15 is 0 Å². The quantitative estimate of drug-likeness (QED) is 0.422. The predicted molar refractivity (Wildman–Crippen MR) is 57.7 cm³/mol. The van der Waals surface area contributed by atoms with E-state index < -0.39 is 6.29 Å². The van der Waals surface area contributed by atoms with Crippen LogP contribution in [-0.2, 0) is 14.3 Å². The van der Waals surface area contributed by atoms with Crippen LogP contribution in [0.1, 0.15) is 27.2 Å². The zero-order valence-electron chi connectivity index (χ0n) is 8.17. The molecule has 0 bridgehead atoms. The molecule has 0 saturated carbocycles. The van der Waals surface area contributed by atoms with Gasteiger partial charge in [0.1, 0.15) is 0 Å². The highest BCUT2D eigenvalue weighted by Crippen LogP contribution is 2.29. The lowest BCUT2D eigenvalue weighted by molar-refractivity contribution is -0.238. The largest absolute Gasteiger partial charge is 0.435 e. The first-order valence-corrected chi connectivity index (χ1v) is 5.87. The Labute approximate surface area is 92.3 Å². The predicted octanol–water partition coefficient (Wildman–Crippen LogP) is 2.13. The molecule has 0 spiro atoms. The molecule has 0 aliphatic carbocycles. The molecular formula is C9H15IO3. The zero-order chi connectivity index (χ0) is 10.1. The van der Waals surface area contributed by atoms with Crippen molar-refractivity contribution in [1.82, 2.24) is 0 Å². The van der Waals surface area contributed by atoms with Gasteiger partial charge in [-0.1, -0.05) is 43.4 Å². The molecule has 1 heterocycles. The Hall–Kier alpha value is 0.160. The van der Waals surface area contributed by atoms with Gasteiger partial charge in [-0.25, -0.2) is 0 Å². The molecule has 1 fully saturated rings. The van der Waals surface area contributed by atoms with Gasteiger partial charge < -0.3 is 9.47 Å². The zero-order valence-corrected chi connectivity index (χ0v) is 10.3. The average Bonchev–Trinajstić information content (AvgIpc) is 2.01. The fraction of sp³-hybridized carbons (Fsp3) is 0.889. The third-order valence-electron chi connectivity index (χ3n) is 1.83. The number of cyclic esters (lactones) is 1. The van der Waals surface area contributed by atoms with Crippen molar-refractivity contribution in [3.63, 3.8) is 0 Å². The minimum Gasteiger partial charge on any atom is -0.435 e. The van der Waals surface area contributed by atoms with Crippen molar-refractivity contribution >= 4 is 28.6 Å². The molecule has 3 nitrogen and oxygen atoms in total. The molecule has 0 aromatic carbocycles. The molecule has 0 unspecified atom stereocenters. The van der Waals surface area contributed by atoms with E-state index in [1.54, 1.807) is 0 Å². The highest BCUT2D eigenvalue weighted by Gasteiger charge is 2.36. The lowest BCUT2D eigenvalue weighted by Crippen LogP contribution is -2.43. The van der Waals surface area contributed by atoms with Gasteiger partial charge in [0.25, 0.3) is 0 Å². The Morgan fingerprint density at radius 3 is 2.62 bits per heavy atom. The molecule has 0 aromatic rings. The van der Waals surface area contributed by atoms with E-state index in [0.29, 0.717) is 6.42 Å². The maximum absolute atomic E-state index is 11.2. The maximum atomic E-state index is 11.2. The molecule has 1 aliphatic rings. The lowest BCUT2D eigenvalue weighted by Gasteiger charge is -2.36. The van der Waals surface area contributed by atoms with E-state index in [2.05, 4.69) is 22.6 Å². The van der Waals surface area contributed by atoms with Crippen molar-refractivity contribution in [3.05, 3.63) is 0 Å². The van der Waals surface area contributed by atoms with Crippen molar-refractivity contribution < 1.29 is 14.3 Å². The number of hydrogen-bond donors (Lipinski definition) is 0. The summed E-state index contributed by atoms with van der Waals surface area (Å²) >= 11 is 2.22. The molecule has 1 aliphatic heterocycles. The van der Waals surface area contributed by atoms with Crippen LogP contribution < -0.4 is 0 Å². The number of rotatable bonds is 1. The molecule has 4 heteroatoms. The number of carbonyl (C=O) groups excluding carboxylic acids is 1. The van der Waals surface area contributed by atoms with Crippen LogP contribution in [0.15, 0.2) is 0 Å². The van der Waals surface area contributed by atoms with Gasteiger partial charge in [0.15, 0.2) is 0 Å². The number of ether oxygens (including phenoxy) is 2. The highest BCUT2D eigenvalue weighted by molar-refractivity contribution is 14.1. The average molecular weight is 298 g/mol. The Morgan fingerprint density at radius 2 is 2.15 bits per heavy atom. The first-order chi connectivity index (χ1) is 5.93. The van der Waals surface area contributed by atoms with Gasteiger partial charge in [0.05, 0.1) is 12.5 Å². The monoisotopic (exact) mass is 298 g/mol. The molecule has 13 heavy (non-hydrogen) atoms. The van der Waals surface area contributed by atoms with Crippen LogP contribution in [0.25, 0.3) is 0 Å². The molecular weight excluding hydrogens is 283 g/mol. The van der Waals surface area contributed by atoms with Crippen LogP contribution in [-0.4, -0.2) is 22.8 Å². The Balaban J connectivity index is 2.62. The number of alkyl halides is 1. The van der Waals surface area contributed by atoms with Crippen LogP contribution in [0.4, 0.5) is 0 Å². The Morgan fingerprint density at radius 1 is 1.54 bits per heavy atom. The summed E-state index contributed by atoms with van der Waals surface area (Å²) in [6.45, 7) is 6.00. The summed E-state index contributed by atoms with van der Waals surface area (Å²) < 4.78 is 11.6. The van der Waals surface area contributed by atoms with Gasteiger partial charge in [0.2, 0.25) is 6.29 Å². The highest BCUT2D eigenvalue weighted by atomic mass is 127. The van der Waals surface area contributed by atoms with Crippen molar-refractivity contribution in [2.75, 3.05) is 4.43 Å². The molecule has 1 saturated heterocycles. The lowest BCUT2D eigenvalue weighted by atomic mass is 9.95. The van der Waals surface area contributed by atoms with Crippen LogP contribution in [0, 0.1) is 5.41 Å². The molecule has 1 rings (SSSR count). The summed E-state index contributed by atoms with van der Waals surface area (Å²) in [4.78, 5) is 11.2. The molecule has 0 aromatic heterocycles. The van der Waals surface area contributed by atoms with Gasteiger partial charge in [-0.05, 0) is 0 Å². The molecule has 0 amide bonds. The fourth-order valence-corrected chi connectivity index (χ4v) is 1.59. The van der Waals surface area contributed by atoms with E-state index in [1.165, 1.54) is 0 Å². The van der Waals surface area contributed by atoms with Crippen molar-refractivity contribution in [2.24, 2.45) is 5.41 Å². The topological polar surface area (TPSA) is 35.5 Å². The maximum Gasteiger partial charge on any atom is 0.310 e. The summed E-state index contributed by atoms with van der Waals surface area (Å²) in [6, 6.07) is 0. The Kier molecular flexibility index (Phi) is 3.57. The number of esters is 1. The number of hydrogen-bond acceptors (Lipinski definition) is 3. The van der Waals surface area contributed by atoms with Crippen LogP contribution >= 0.6 is 22.6 Å². The Bertz CT molecular complexity index is 198. The van der Waals surface area contributed by atoms with Crippen molar-refractivity contribution in [1.29, 1.82) is 0 Å². The molecule has 2 atom stereocenters. The van der Waals surface area contributed by atoms with Gasteiger partial charge in [-0.15, -0.1) is 0 Å². The van der Waals surface area contributed by atoms with Crippen LogP contribution in [0.2, 0.25) is 0 Å².